The summed E-state index contributed by atoms with van der Waals surface area (Å²) in [6.45, 7) is 2.67. The molecule has 1 atom stereocenters. The van der Waals surface area contributed by atoms with Gasteiger partial charge in [-0.15, -0.1) is 0 Å². The third-order valence-electron chi connectivity index (χ3n) is 2.97. The van der Waals surface area contributed by atoms with Gasteiger partial charge in [0.2, 0.25) is 0 Å². The fourth-order valence-electron chi connectivity index (χ4n) is 1.70. The van der Waals surface area contributed by atoms with Gasteiger partial charge in [0.1, 0.15) is 11.8 Å². The van der Waals surface area contributed by atoms with Crippen molar-refractivity contribution in [3.05, 3.63) is 28.8 Å². The summed E-state index contributed by atoms with van der Waals surface area (Å²) in [5.41, 5.74) is 1.02. The van der Waals surface area contributed by atoms with Gasteiger partial charge in [-0.05, 0) is 37.5 Å². The molecule has 1 aromatic rings. The van der Waals surface area contributed by atoms with Crippen molar-refractivity contribution in [1.82, 2.24) is 5.32 Å². The van der Waals surface area contributed by atoms with Crippen LogP contribution in [0.15, 0.2) is 18.2 Å². The molecule has 0 aromatic heterocycles. The van der Waals surface area contributed by atoms with Crippen molar-refractivity contribution in [2.45, 2.75) is 44.9 Å². The summed E-state index contributed by atoms with van der Waals surface area (Å²) in [4.78, 5) is 0. The van der Waals surface area contributed by atoms with Crippen molar-refractivity contribution in [3.8, 4) is 11.8 Å². The Labute approximate surface area is 113 Å². The van der Waals surface area contributed by atoms with Crippen LogP contribution in [0.3, 0.4) is 0 Å². The highest BCUT2D eigenvalue weighted by atomic mass is 35.5. The van der Waals surface area contributed by atoms with Crippen molar-refractivity contribution < 1.29 is 4.74 Å². The molecule has 1 saturated carbocycles. The van der Waals surface area contributed by atoms with Crippen LogP contribution in [-0.2, 0) is 6.54 Å². The standard InChI is InChI=1S/C14H17ClN2O/c1-2-13(8-16)18-14-6-3-11(15)7-10(14)9-17-12-4-5-12/h3,6-7,12-13,17H,2,4-5,9H2,1H3. The SMILES string of the molecule is CCC(C#N)Oc1ccc(Cl)cc1CNC1CC1. The smallest absolute Gasteiger partial charge is 0.184 e. The summed E-state index contributed by atoms with van der Waals surface area (Å²) < 4.78 is 5.69. The number of halogens is 1. The molecule has 1 fully saturated rings. The van der Waals surface area contributed by atoms with E-state index in [1.54, 1.807) is 6.07 Å². The third-order valence-corrected chi connectivity index (χ3v) is 3.20. The van der Waals surface area contributed by atoms with Gasteiger partial charge in [0, 0.05) is 23.2 Å². The Kier molecular flexibility index (Phi) is 4.46. The van der Waals surface area contributed by atoms with E-state index in [0.29, 0.717) is 17.5 Å². The molecule has 3 nitrogen and oxygen atoms in total. The van der Waals surface area contributed by atoms with Crippen LogP contribution in [0.25, 0.3) is 0 Å². The summed E-state index contributed by atoms with van der Waals surface area (Å²) in [6, 6.07) is 8.31. The Morgan fingerprint density at radius 3 is 2.94 bits per heavy atom. The quantitative estimate of drug-likeness (QED) is 0.858. The lowest BCUT2D eigenvalue weighted by Gasteiger charge is -2.15. The summed E-state index contributed by atoms with van der Waals surface area (Å²) in [7, 11) is 0. The molecule has 2 rings (SSSR count). The van der Waals surface area contributed by atoms with Gasteiger partial charge in [-0.1, -0.05) is 18.5 Å². The monoisotopic (exact) mass is 264 g/mol. The van der Waals surface area contributed by atoms with Crippen LogP contribution in [-0.4, -0.2) is 12.1 Å². The Morgan fingerprint density at radius 1 is 1.56 bits per heavy atom. The van der Waals surface area contributed by atoms with Crippen molar-refractivity contribution in [3.63, 3.8) is 0 Å². The first kappa shape index (κ1) is 13.2. The van der Waals surface area contributed by atoms with Crippen LogP contribution in [0.4, 0.5) is 0 Å². The number of benzene rings is 1. The van der Waals surface area contributed by atoms with Crippen molar-refractivity contribution in [1.29, 1.82) is 5.26 Å². The van der Waals surface area contributed by atoms with E-state index >= 15 is 0 Å². The predicted molar refractivity (Wildman–Crippen MR) is 71.6 cm³/mol. The summed E-state index contributed by atoms with van der Waals surface area (Å²) in [5, 5.41) is 13.1. The molecule has 1 unspecified atom stereocenters. The molecule has 1 aliphatic rings. The van der Waals surface area contributed by atoms with E-state index < -0.39 is 6.10 Å². The molecule has 0 heterocycles. The Bertz CT molecular complexity index is 452. The maximum absolute atomic E-state index is 8.94. The molecule has 0 bridgehead atoms. The van der Waals surface area contributed by atoms with Crippen LogP contribution < -0.4 is 10.1 Å². The Balaban J connectivity index is 2.08. The maximum atomic E-state index is 8.94. The molecular formula is C14H17ClN2O. The molecule has 0 saturated heterocycles. The molecule has 1 aliphatic carbocycles. The van der Waals surface area contributed by atoms with Gasteiger partial charge in [0.15, 0.2) is 6.10 Å². The normalized spacial score (nSPS) is 16.1. The van der Waals surface area contributed by atoms with Gasteiger partial charge in [-0.25, -0.2) is 0 Å². The Hall–Kier alpha value is -1.24. The lowest BCUT2D eigenvalue weighted by Crippen LogP contribution is -2.18. The molecule has 0 amide bonds. The van der Waals surface area contributed by atoms with Crippen molar-refractivity contribution in [2.24, 2.45) is 0 Å². The lowest BCUT2D eigenvalue weighted by molar-refractivity contribution is 0.249. The molecule has 0 aliphatic heterocycles. The number of nitrogens with one attached hydrogen (secondary N) is 1. The number of nitrogens with zero attached hydrogens (tertiary/aromatic N) is 1. The number of nitriles is 1. The molecule has 1 N–H and O–H groups in total. The number of ether oxygens (including phenoxy) is 1. The predicted octanol–water partition coefficient (Wildman–Crippen LogP) is 3.27. The van der Waals surface area contributed by atoms with E-state index in [2.05, 4.69) is 11.4 Å². The van der Waals surface area contributed by atoms with Gasteiger partial charge in [-0.3, -0.25) is 0 Å². The van der Waals surface area contributed by atoms with Crippen LogP contribution in [0.2, 0.25) is 5.02 Å². The minimum Gasteiger partial charge on any atom is -0.475 e. The zero-order valence-corrected chi connectivity index (χ0v) is 11.2. The van der Waals surface area contributed by atoms with Crippen LogP contribution in [0.5, 0.6) is 5.75 Å². The summed E-state index contributed by atoms with van der Waals surface area (Å²) >= 11 is 6.00. The number of hydrogen-bond donors (Lipinski definition) is 1. The van der Waals surface area contributed by atoms with Crippen LogP contribution in [0.1, 0.15) is 31.7 Å². The van der Waals surface area contributed by atoms with E-state index in [1.165, 1.54) is 12.8 Å². The molecular weight excluding hydrogens is 248 g/mol. The lowest BCUT2D eigenvalue weighted by atomic mass is 10.2. The van der Waals surface area contributed by atoms with Crippen LogP contribution >= 0.6 is 11.6 Å². The third kappa shape index (κ3) is 3.63. The van der Waals surface area contributed by atoms with Gasteiger partial charge in [0.25, 0.3) is 0 Å². The molecule has 0 spiro atoms. The summed E-state index contributed by atoms with van der Waals surface area (Å²) in [6.07, 6.45) is 2.76. The first-order valence-corrected chi connectivity index (χ1v) is 6.68. The fourth-order valence-corrected chi connectivity index (χ4v) is 1.89. The Morgan fingerprint density at radius 2 is 2.33 bits per heavy atom. The van der Waals surface area contributed by atoms with Gasteiger partial charge in [-0.2, -0.15) is 5.26 Å². The van der Waals surface area contributed by atoms with E-state index in [-0.39, 0.29) is 0 Å². The number of rotatable bonds is 6. The zero-order valence-electron chi connectivity index (χ0n) is 10.4. The van der Waals surface area contributed by atoms with Gasteiger partial charge < -0.3 is 10.1 Å². The average Bonchev–Trinajstić information content (AvgIpc) is 3.19. The maximum Gasteiger partial charge on any atom is 0.184 e. The molecule has 96 valence electrons. The van der Waals surface area contributed by atoms with Gasteiger partial charge >= 0.3 is 0 Å². The second-order valence-corrected chi connectivity index (χ2v) is 4.99. The van der Waals surface area contributed by atoms with E-state index in [0.717, 1.165) is 17.9 Å². The largest absolute Gasteiger partial charge is 0.475 e. The van der Waals surface area contributed by atoms with E-state index in [4.69, 9.17) is 21.6 Å². The van der Waals surface area contributed by atoms with E-state index in [9.17, 15) is 0 Å². The second kappa shape index (κ2) is 6.08. The number of hydrogen-bond acceptors (Lipinski definition) is 3. The highest BCUT2D eigenvalue weighted by Gasteiger charge is 2.21. The highest BCUT2D eigenvalue weighted by Crippen LogP contribution is 2.26. The molecule has 0 radical (unpaired) electrons. The van der Waals surface area contributed by atoms with E-state index in [1.807, 2.05) is 19.1 Å². The second-order valence-electron chi connectivity index (χ2n) is 4.55. The van der Waals surface area contributed by atoms with Crippen molar-refractivity contribution >= 4 is 11.6 Å². The van der Waals surface area contributed by atoms with Crippen molar-refractivity contribution in [2.75, 3.05) is 0 Å². The minimum atomic E-state index is -0.397. The van der Waals surface area contributed by atoms with Gasteiger partial charge in [0.05, 0.1) is 0 Å². The average molecular weight is 265 g/mol. The molecule has 18 heavy (non-hydrogen) atoms. The fraction of sp³-hybridized carbons (Fsp3) is 0.500. The first-order chi connectivity index (χ1) is 8.72. The topological polar surface area (TPSA) is 45.0 Å². The zero-order chi connectivity index (χ0) is 13.0. The molecule has 4 heteroatoms. The van der Waals surface area contributed by atoms with Crippen LogP contribution in [0, 0.1) is 11.3 Å². The summed E-state index contributed by atoms with van der Waals surface area (Å²) in [5.74, 6) is 0.751. The molecule has 1 aromatic carbocycles. The highest BCUT2D eigenvalue weighted by molar-refractivity contribution is 6.30. The minimum absolute atomic E-state index is 0.397. The first-order valence-electron chi connectivity index (χ1n) is 6.31.